The fourth-order valence-corrected chi connectivity index (χ4v) is 2.55. The molecule has 0 amide bonds. The van der Waals surface area contributed by atoms with E-state index in [2.05, 4.69) is 39.9 Å². The van der Waals surface area contributed by atoms with Gasteiger partial charge in [-0.1, -0.05) is 13.8 Å². The summed E-state index contributed by atoms with van der Waals surface area (Å²) in [6, 6.07) is 1.27. The molecule has 0 aliphatic carbocycles. The second kappa shape index (κ2) is 5.31. The predicted octanol–water partition coefficient (Wildman–Crippen LogP) is 2.97. The minimum absolute atomic E-state index is 0.0630. The van der Waals surface area contributed by atoms with Gasteiger partial charge in [0, 0.05) is 18.7 Å². The molecule has 1 aliphatic heterocycles. The maximum absolute atomic E-state index is 5.72. The van der Waals surface area contributed by atoms with Crippen LogP contribution >= 0.6 is 0 Å². The quantitative estimate of drug-likeness (QED) is 0.775. The minimum Gasteiger partial charge on any atom is -0.375 e. The van der Waals surface area contributed by atoms with Gasteiger partial charge in [-0.15, -0.1) is 0 Å². The molecule has 90 valence electrons. The van der Waals surface area contributed by atoms with Crippen LogP contribution in [0.15, 0.2) is 0 Å². The van der Waals surface area contributed by atoms with E-state index in [4.69, 9.17) is 4.74 Å². The molecule has 0 bridgehead atoms. The van der Waals surface area contributed by atoms with Crippen LogP contribution in [0.1, 0.15) is 53.9 Å². The van der Waals surface area contributed by atoms with Gasteiger partial charge in [0.25, 0.3) is 0 Å². The van der Waals surface area contributed by atoms with Gasteiger partial charge < -0.3 is 10.1 Å². The van der Waals surface area contributed by atoms with Gasteiger partial charge in [-0.3, -0.25) is 0 Å². The fourth-order valence-electron chi connectivity index (χ4n) is 2.55. The molecule has 2 atom stereocenters. The van der Waals surface area contributed by atoms with Crippen LogP contribution in [0.25, 0.3) is 0 Å². The zero-order chi connectivity index (χ0) is 11.5. The Morgan fingerprint density at radius 2 is 2.00 bits per heavy atom. The van der Waals surface area contributed by atoms with Crippen molar-refractivity contribution in [3.05, 3.63) is 0 Å². The van der Waals surface area contributed by atoms with E-state index < -0.39 is 0 Å². The smallest absolute Gasteiger partial charge is 0.0641 e. The summed E-state index contributed by atoms with van der Waals surface area (Å²) < 4.78 is 5.72. The molecule has 15 heavy (non-hydrogen) atoms. The third-order valence-corrected chi connectivity index (χ3v) is 3.04. The molecular formula is C13H27NO. The lowest BCUT2D eigenvalue weighted by molar-refractivity contribution is -0.0641. The van der Waals surface area contributed by atoms with Crippen molar-refractivity contribution in [1.82, 2.24) is 5.32 Å². The Morgan fingerprint density at radius 3 is 2.53 bits per heavy atom. The second-order valence-corrected chi connectivity index (χ2v) is 6.00. The van der Waals surface area contributed by atoms with Crippen LogP contribution in [0.3, 0.4) is 0 Å². The van der Waals surface area contributed by atoms with Crippen molar-refractivity contribution < 1.29 is 4.74 Å². The molecule has 2 unspecified atom stereocenters. The molecule has 2 heteroatoms. The van der Waals surface area contributed by atoms with Crippen LogP contribution < -0.4 is 5.32 Å². The van der Waals surface area contributed by atoms with E-state index in [0.29, 0.717) is 12.1 Å². The number of ether oxygens (including phenoxy) is 1. The van der Waals surface area contributed by atoms with Gasteiger partial charge in [0.1, 0.15) is 0 Å². The average molecular weight is 213 g/mol. The van der Waals surface area contributed by atoms with Crippen LogP contribution in [0.4, 0.5) is 0 Å². The lowest BCUT2D eigenvalue weighted by Gasteiger charge is -2.37. The Kier molecular flexibility index (Phi) is 4.60. The van der Waals surface area contributed by atoms with Crippen molar-refractivity contribution in [2.75, 3.05) is 6.61 Å². The van der Waals surface area contributed by atoms with Crippen LogP contribution in [0, 0.1) is 5.92 Å². The van der Waals surface area contributed by atoms with E-state index in [0.717, 1.165) is 25.4 Å². The topological polar surface area (TPSA) is 21.3 Å². The van der Waals surface area contributed by atoms with Crippen molar-refractivity contribution in [2.24, 2.45) is 5.92 Å². The highest BCUT2D eigenvalue weighted by molar-refractivity contribution is 4.84. The Labute approximate surface area is 94.8 Å². The Bertz CT molecular complexity index is 189. The molecule has 1 aliphatic rings. The highest BCUT2D eigenvalue weighted by atomic mass is 16.5. The molecule has 0 aromatic rings. The first-order valence-corrected chi connectivity index (χ1v) is 6.29. The maximum atomic E-state index is 5.72. The van der Waals surface area contributed by atoms with E-state index in [-0.39, 0.29) is 5.60 Å². The molecule has 0 radical (unpaired) electrons. The van der Waals surface area contributed by atoms with Crippen LogP contribution in [0.5, 0.6) is 0 Å². The molecular weight excluding hydrogens is 186 g/mol. The molecule has 1 fully saturated rings. The Balaban J connectivity index is 2.31. The summed E-state index contributed by atoms with van der Waals surface area (Å²) in [6.45, 7) is 12.1. The largest absolute Gasteiger partial charge is 0.375 e. The zero-order valence-electron chi connectivity index (χ0n) is 11.0. The van der Waals surface area contributed by atoms with Gasteiger partial charge in [0.15, 0.2) is 0 Å². The summed E-state index contributed by atoms with van der Waals surface area (Å²) in [6.07, 6.45) is 3.55. The predicted molar refractivity (Wildman–Crippen MR) is 65.1 cm³/mol. The number of hydrogen-bond donors (Lipinski definition) is 1. The molecule has 1 N–H and O–H groups in total. The van der Waals surface area contributed by atoms with E-state index in [1.165, 1.54) is 6.42 Å². The molecule has 0 saturated carbocycles. The summed E-state index contributed by atoms with van der Waals surface area (Å²) in [4.78, 5) is 0. The average Bonchev–Trinajstić information content (AvgIpc) is 1.99. The van der Waals surface area contributed by atoms with Gasteiger partial charge in [0.2, 0.25) is 0 Å². The summed E-state index contributed by atoms with van der Waals surface area (Å²) in [5.41, 5.74) is 0.0630. The first kappa shape index (κ1) is 13.0. The van der Waals surface area contributed by atoms with Crippen molar-refractivity contribution in [3.8, 4) is 0 Å². The summed E-state index contributed by atoms with van der Waals surface area (Å²) in [7, 11) is 0. The molecule has 0 aromatic heterocycles. The van der Waals surface area contributed by atoms with Gasteiger partial charge in [-0.05, 0) is 46.0 Å². The van der Waals surface area contributed by atoms with Gasteiger partial charge >= 0.3 is 0 Å². The van der Waals surface area contributed by atoms with Gasteiger partial charge in [-0.2, -0.15) is 0 Å². The number of nitrogens with one attached hydrogen (secondary N) is 1. The van der Waals surface area contributed by atoms with E-state index in [9.17, 15) is 0 Å². The maximum Gasteiger partial charge on any atom is 0.0641 e. The standard InChI is InChI=1S/C13H27NO/c1-10(2)8-11(3)14-12-6-7-15-13(4,5)9-12/h10-12,14H,6-9H2,1-5H3. The molecule has 2 nitrogen and oxygen atoms in total. The van der Waals surface area contributed by atoms with Crippen LogP contribution in [-0.4, -0.2) is 24.3 Å². The Hall–Kier alpha value is -0.0800. The first-order chi connectivity index (χ1) is 6.89. The monoisotopic (exact) mass is 213 g/mol. The van der Waals surface area contributed by atoms with Gasteiger partial charge in [0.05, 0.1) is 5.60 Å². The summed E-state index contributed by atoms with van der Waals surface area (Å²) >= 11 is 0. The van der Waals surface area contributed by atoms with Crippen molar-refractivity contribution >= 4 is 0 Å². The highest BCUT2D eigenvalue weighted by Gasteiger charge is 2.29. The highest BCUT2D eigenvalue weighted by Crippen LogP contribution is 2.24. The third-order valence-electron chi connectivity index (χ3n) is 3.04. The summed E-state index contributed by atoms with van der Waals surface area (Å²) in [5, 5.41) is 3.73. The SMILES string of the molecule is CC(C)CC(C)NC1CCOC(C)(C)C1. The molecule has 1 heterocycles. The lowest BCUT2D eigenvalue weighted by Crippen LogP contribution is -2.46. The molecule has 1 rings (SSSR count). The Morgan fingerprint density at radius 1 is 1.33 bits per heavy atom. The lowest BCUT2D eigenvalue weighted by atomic mass is 9.93. The summed E-state index contributed by atoms with van der Waals surface area (Å²) in [5.74, 6) is 0.778. The van der Waals surface area contributed by atoms with Gasteiger partial charge in [-0.25, -0.2) is 0 Å². The minimum atomic E-state index is 0.0630. The molecule has 0 spiro atoms. The van der Waals surface area contributed by atoms with Crippen molar-refractivity contribution in [2.45, 2.75) is 71.6 Å². The van der Waals surface area contributed by atoms with Crippen LogP contribution in [0.2, 0.25) is 0 Å². The zero-order valence-corrected chi connectivity index (χ0v) is 11.0. The third kappa shape index (κ3) is 4.98. The van der Waals surface area contributed by atoms with Crippen LogP contribution in [-0.2, 0) is 4.74 Å². The number of rotatable bonds is 4. The fraction of sp³-hybridized carbons (Fsp3) is 1.00. The van der Waals surface area contributed by atoms with Crippen molar-refractivity contribution in [3.63, 3.8) is 0 Å². The van der Waals surface area contributed by atoms with E-state index in [1.54, 1.807) is 0 Å². The number of hydrogen-bond acceptors (Lipinski definition) is 2. The molecule has 0 aromatic carbocycles. The van der Waals surface area contributed by atoms with Crippen molar-refractivity contribution in [1.29, 1.82) is 0 Å². The normalized spacial score (nSPS) is 28.0. The molecule has 1 saturated heterocycles. The van der Waals surface area contributed by atoms with E-state index >= 15 is 0 Å². The first-order valence-electron chi connectivity index (χ1n) is 6.29. The second-order valence-electron chi connectivity index (χ2n) is 6.00. The van der Waals surface area contributed by atoms with E-state index in [1.807, 2.05) is 0 Å².